The van der Waals surface area contributed by atoms with Crippen LogP contribution in [-0.4, -0.2) is 11.5 Å². The van der Waals surface area contributed by atoms with Gasteiger partial charge in [0.25, 0.3) is 0 Å². The number of aromatic nitrogens is 1. The first-order valence-corrected chi connectivity index (χ1v) is 8.81. The Morgan fingerprint density at radius 3 is 2.37 bits per heavy atom. The Bertz CT molecular complexity index is 536. The van der Waals surface area contributed by atoms with Gasteiger partial charge in [-0.05, 0) is 22.9 Å². The van der Waals surface area contributed by atoms with Gasteiger partial charge in [0.2, 0.25) is 0 Å². The van der Waals surface area contributed by atoms with Crippen LogP contribution < -0.4 is 5.32 Å². The SMILES string of the molecule is c1csc(C(NCCc2cscn2)c2cccs2)c1. The second kappa shape index (κ2) is 6.43. The van der Waals surface area contributed by atoms with Crippen LogP contribution >= 0.6 is 34.0 Å². The van der Waals surface area contributed by atoms with E-state index in [-0.39, 0.29) is 0 Å². The molecule has 0 aliphatic rings. The van der Waals surface area contributed by atoms with Crippen LogP contribution in [0.4, 0.5) is 0 Å². The molecule has 0 fully saturated rings. The predicted molar refractivity (Wildman–Crippen MR) is 84.3 cm³/mol. The zero-order valence-electron chi connectivity index (χ0n) is 10.3. The molecule has 0 saturated heterocycles. The summed E-state index contributed by atoms with van der Waals surface area (Å²) in [5, 5.41) is 10.0. The van der Waals surface area contributed by atoms with Crippen molar-refractivity contribution in [3.05, 3.63) is 61.4 Å². The molecule has 3 aromatic rings. The predicted octanol–water partition coefficient (Wildman–Crippen LogP) is 4.19. The van der Waals surface area contributed by atoms with Crippen molar-refractivity contribution in [2.75, 3.05) is 6.54 Å². The van der Waals surface area contributed by atoms with Crippen molar-refractivity contribution < 1.29 is 0 Å². The summed E-state index contributed by atoms with van der Waals surface area (Å²) in [7, 11) is 0. The highest BCUT2D eigenvalue weighted by molar-refractivity contribution is 7.11. The maximum absolute atomic E-state index is 4.32. The van der Waals surface area contributed by atoms with E-state index in [2.05, 4.69) is 50.7 Å². The lowest BCUT2D eigenvalue weighted by Crippen LogP contribution is -2.23. The van der Waals surface area contributed by atoms with E-state index in [1.807, 2.05) is 28.2 Å². The summed E-state index contributed by atoms with van der Waals surface area (Å²) >= 11 is 5.27. The Labute approximate surface area is 124 Å². The van der Waals surface area contributed by atoms with Gasteiger partial charge in [0.05, 0.1) is 17.2 Å². The number of thiophene rings is 2. The summed E-state index contributed by atoms with van der Waals surface area (Å²) in [6, 6.07) is 8.94. The number of hydrogen-bond acceptors (Lipinski definition) is 5. The molecule has 3 aromatic heterocycles. The fourth-order valence-corrected chi connectivity index (χ4v) is 4.26. The third-order valence-corrected chi connectivity index (χ3v) is 5.38. The van der Waals surface area contributed by atoms with Crippen molar-refractivity contribution in [2.24, 2.45) is 0 Å². The van der Waals surface area contributed by atoms with Crippen LogP contribution in [0.25, 0.3) is 0 Å². The number of nitrogens with one attached hydrogen (secondary N) is 1. The van der Waals surface area contributed by atoms with E-state index in [0.717, 1.165) is 13.0 Å². The summed E-state index contributed by atoms with van der Waals surface area (Å²) in [6.45, 7) is 0.949. The van der Waals surface area contributed by atoms with E-state index in [9.17, 15) is 0 Å². The van der Waals surface area contributed by atoms with Gasteiger partial charge in [-0.1, -0.05) is 12.1 Å². The average molecular weight is 306 g/mol. The smallest absolute Gasteiger partial charge is 0.0794 e. The molecule has 0 bridgehead atoms. The highest BCUT2D eigenvalue weighted by Gasteiger charge is 2.15. The first-order chi connectivity index (χ1) is 9.43. The molecule has 0 aromatic carbocycles. The standard InChI is InChI=1S/C14H14N2S3/c1-3-12(18-7-1)14(13-4-2-8-19-13)15-6-5-11-9-17-10-16-11/h1-4,7-10,14-15H,5-6H2. The summed E-state index contributed by atoms with van der Waals surface area (Å²) in [5.74, 6) is 0. The topological polar surface area (TPSA) is 24.9 Å². The van der Waals surface area contributed by atoms with Gasteiger partial charge in [-0.15, -0.1) is 34.0 Å². The Hall–Kier alpha value is -1.01. The molecule has 98 valence electrons. The number of thiazole rings is 1. The van der Waals surface area contributed by atoms with Gasteiger partial charge in [-0.25, -0.2) is 4.98 Å². The molecule has 0 aliphatic carbocycles. The van der Waals surface area contributed by atoms with Gasteiger partial charge < -0.3 is 5.32 Å². The second-order valence-corrected chi connectivity index (χ2v) is 6.82. The number of nitrogens with zero attached hydrogens (tertiary/aromatic N) is 1. The van der Waals surface area contributed by atoms with Crippen LogP contribution in [0.15, 0.2) is 45.9 Å². The molecule has 2 nitrogen and oxygen atoms in total. The van der Waals surface area contributed by atoms with Crippen molar-refractivity contribution in [1.82, 2.24) is 10.3 Å². The monoisotopic (exact) mass is 306 g/mol. The van der Waals surface area contributed by atoms with E-state index in [4.69, 9.17) is 0 Å². The molecule has 3 heterocycles. The fraction of sp³-hybridized carbons (Fsp3) is 0.214. The van der Waals surface area contributed by atoms with Crippen LogP contribution in [0.3, 0.4) is 0 Å². The molecule has 0 spiro atoms. The molecule has 3 rings (SSSR count). The maximum atomic E-state index is 4.32. The van der Waals surface area contributed by atoms with E-state index < -0.39 is 0 Å². The Morgan fingerprint density at radius 2 is 1.84 bits per heavy atom. The Balaban J connectivity index is 1.67. The van der Waals surface area contributed by atoms with Gasteiger partial charge in [-0.3, -0.25) is 0 Å². The highest BCUT2D eigenvalue weighted by Crippen LogP contribution is 2.28. The first kappa shape index (κ1) is 13.0. The number of hydrogen-bond donors (Lipinski definition) is 1. The lowest BCUT2D eigenvalue weighted by Gasteiger charge is -2.15. The molecule has 0 atom stereocenters. The summed E-state index contributed by atoms with van der Waals surface area (Å²) in [4.78, 5) is 7.07. The van der Waals surface area contributed by atoms with Crippen molar-refractivity contribution in [3.8, 4) is 0 Å². The van der Waals surface area contributed by atoms with E-state index in [0.29, 0.717) is 6.04 Å². The molecule has 5 heteroatoms. The van der Waals surface area contributed by atoms with Gasteiger partial charge in [0, 0.05) is 28.1 Å². The Morgan fingerprint density at radius 1 is 1.11 bits per heavy atom. The van der Waals surface area contributed by atoms with Gasteiger partial charge in [0.15, 0.2) is 0 Å². The lowest BCUT2D eigenvalue weighted by molar-refractivity contribution is 0.618. The van der Waals surface area contributed by atoms with Crippen molar-refractivity contribution in [2.45, 2.75) is 12.5 Å². The van der Waals surface area contributed by atoms with E-state index in [1.54, 1.807) is 11.3 Å². The summed E-state index contributed by atoms with van der Waals surface area (Å²) < 4.78 is 0. The molecule has 0 aliphatic heterocycles. The summed E-state index contributed by atoms with van der Waals surface area (Å²) in [5.41, 5.74) is 3.07. The lowest BCUT2D eigenvalue weighted by atomic mass is 10.2. The second-order valence-electron chi connectivity index (χ2n) is 4.15. The third kappa shape index (κ3) is 3.30. The van der Waals surface area contributed by atoms with Crippen LogP contribution in [0.2, 0.25) is 0 Å². The van der Waals surface area contributed by atoms with E-state index in [1.165, 1.54) is 15.4 Å². The zero-order chi connectivity index (χ0) is 12.9. The van der Waals surface area contributed by atoms with Gasteiger partial charge in [-0.2, -0.15) is 0 Å². The first-order valence-electron chi connectivity index (χ1n) is 6.11. The fourth-order valence-electron chi connectivity index (χ4n) is 1.96. The quantitative estimate of drug-likeness (QED) is 0.738. The molecule has 0 radical (unpaired) electrons. The minimum Gasteiger partial charge on any atom is -0.305 e. The minimum atomic E-state index is 0.318. The molecule has 0 unspecified atom stereocenters. The van der Waals surface area contributed by atoms with Crippen LogP contribution in [0.1, 0.15) is 21.5 Å². The third-order valence-electron chi connectivity index (χ3n) is 2.87. The van der Waals surface area contributed by atoms with Crippen molar-refractivity contribution >= 4 is 34.0 Å². The van der Waals surface area contributed by atoms with Gasteiger partial charge in [0.1, 0.15) is 0 Å². The summed E-state index contributed by atoms with van der Waals surface area (Å²) in [6.07, 6.45) is 0.983. The van der Waals surface area contributed by atoms with Crippen LogP contribution in [0.5, 0.6) is 0 Å². The average Bonchev–Trinajstić information content (AvgIpc) is 3.15. The van der Waals surface area contributed by atoms with Crippen molar-refractivity contribution in [1.29, 1.82) is 0 Å². The van der Waals surface area contributed by atoms with Crippen molar-refractivity contribution in [3.63, 3.8) is 0 Å². The molecule has 19 heavy (non-hydrogen) atoms. The zero-order valence-corrected chi connectivity index (χ0v) is 12.7. The Kier molecular flexibility index (Phi) is 4.40. The minimum absolute atomic E-state index is 0.318. The van der Waals surface area contributed by atoms with E-state index >= 15 is 0 Å². The molecule has 0 saturated carbocycles. The maximum Gasteiger partial charge on any atom is 0.0794 e. The van der Waals surface area contributed by atoms with Crippen LogP contribution in [0, 0.1) is 0 Å². The largest absolute Gasteiger partial charge is 0.305 e. The number of rotatable bonds is 6. The molecule has 1 N–H and O–H groups in total. The normalized spacial score (nSPS) is 11.2. The molecular formula is C14H14N2S3. The van der Waals surface area contributed by atoms with Gasteiger partial charge >= 0.3 is 0 Å². The molecular weight excluding hydrogens is 292 g/mol. The molecule has 0 amide bonds. The van der Waals surface area contributed by atoms with Crippen LogP contribution in [-0.2, 0) is 6.42 Å². The highest BCUT2D eigenvalue weighted by atomic mass is 32.1.